The Kier molecular flexibility index (Phi) is 5.30. The molecule has 4 heterocycles. The average Bonchev–Trinajstić information content (AvgIpc) is 3.60. The second-order valence-corrected chi connectivity index (χ2v) is 11.7. The fraction of sp³-hybridized carbons (Fsp3) is 0.269. The summed E-state index contributed by atoms with van der Waals surface area (Å²) in [4.78, 5) is 32.4. The number of ether oxygens (including phenoxy) is 1. The van der Waals surface area contributed by atoms with Crippen molar-refractivity contribution in [3.05, 3.63) is 82.0 Å². The summed E-state index contributed by atoms with van der Waals surface area (Å²) in [6.07, 6.45) is 0. The van der Waals surface area contributed by atoms with E-state index in [1.165, 1.54) is 11.8 Å². The van der Waals surface area contributed by atoms with Gasteiger partial charge in [0.1, 0.15) is 14.8 Å². The van der Waals surface area contributed by atoms with Crippen molar-refractivity contribution in [2.24, 2.45) is 0 Å². The number of carbonyl (C=O) groups is 2. The van der Waals surface area contributed by atoms with Gasteiger partial charge in [0.25, 0.3) is 5.91 Å². The van der Waals surface area contributed by atoms with Crippen molar-refractivity contribution in [3.8, 4) is 5.75 Å². The number of hydrogen-bond acceptors (Lipinski definition) is 7. The molecule has 2 saturated heterocycles. The van der Waals surface area contributed by atoms with Gasteiger partial charge in [0, 0.05) is 23.7 Å². The number of hydrogen-bond donors (Lipinski definition) is 1. The molecule has 6 rings (SSSR count). The number of benzene rings is 2. The predicted molar refractivity (Wildman–Crippen MR) is 143 cm³/mol. The number of carbonyl (C=O) groups excluding carboxylic acids is 2. The highest BCUT2D eigenvalue weighted by molar-refractivity contribution is 8.25. The van der Waals surface area contributed by atoms with Crippen LogP contribution >= 0.6 is 35.3 Å². The minimum absolute atomic E-state index is 0.122. The molecule has 3 aliphatic heterocycles. The Labute approximate surface area is 217 Å². The Morgan fingerprint density at radius 2 is 1.97 bits per heavy atom. The summed E-state index contributed by atoms with van der Waals surface area (Å²) in [6.45, 7) is 0.914. The minimum Gasteiger partial charge on any atom is -0.497 e. The van der Waals surface area contributed by atoms with Gasteiger partial charge in [-0.2, -0.15) is 11.3 Å². The van der Waals surface area contributed by atoms with E-state index in [0.29, 0.717) is 28.8 Å². The largest absolute Gasteiger partial charge is 0.497 e. The first-order valence-electron chi connectivity index (χ1n) is 11.3. The number of anilines is 1. The van der Waals surface area contributed by atoms with E-state index < -0.39 is 10.3 Å². The molecule has 2 aromatic carbocycles. The molecule has 3 atom stereocenters. The van der Waals surface area contributed by atoms with Crippen LogP contribution < -0.4 is 10.1 Å². The van der Waals surface area contributed by atoms with Crippen molar-refractivity contribution in [3.63, 3.8) is 0 Å². The van der Waals surface area contributed by atoms with Crippen molar-refractivity contribution >= 4 is 57.1 Å². The van der Waals surface area contributed by atoms with Gasteiger partial charge in [-0.05, 0) is 53.2 Å². The predicted octanol–water partition coefficient (Wildman–Crippen LogP) is 4.43. The molecule has 3 unspecified atom stereocenters. The number of nitrogens with one attached hydrogen (secondary N) is 1. The van der Waals surface area contributed by atoms with Gasteiger partial charge in [-0.3, -0.25) is 19.4 Å². The van der Waals surface area contributed by atoms with Gasteiger partial charge < -0.3 is 10.1 Å². The maximum Gasteiger partial charge on any atom is 0.251 e. The summed E-state index contributed by atoms with van der Waals surface area (Å²) in [5.41, 5.74) is 2.27. The van der Waals surface area contributed by atoms with Gasteiger partial charge in [0.05, 0.1) is 13.7 Å². The highest BCUT2D eigenvalue weighted by Crippen LogP contribution is 2.66. The standard InChI is InChI=1S/C26H23N3O3S3/c1-28-14-20(17-10-11-34-15-17)26(23(31)29(24(33)35-26)13-16-6-4-3-5-7-16)25(28)19-12-18(32-2)8-9-21(19)27-22(25)30/h3-12,15,20H,13-14H2,1-2H3,(H,27,30). The summed E-state index contributed by atoms with van der Waals surface area (Å²) in [5, 5.41) is 7.16. The number of thiocarbonyl (C=S) groups is 1. The Hall–Kier alpha value is -2.72. The zero-order valence-corrected chi connectivity index (χ0v) is 21.6. The summed E-state index contributed by atoms with van der Waals surface area (Å²) < 4.78 is 4.87. The van der Waals surface area contributed by atoms with Gasteiger partial charge in [-0.15, -0.1) is 0 Å². The lowest BCUT2D eigenvalue weighted by Gasteiger charge is -2.41. The lowest BCUT2D eigenvalue weighted by Crippen LogP contribution is -2.61. The second-order valence-electron chi connectivity index (χ2n) is 9.05. The van der Waals surface area contributed by atoms with E-state index in [1.807, 2.05) is 65.9 Å². The molecule has 2 fully saturated rings. The molecular formula is C26H23N3O3S3. The van der Waals surface area contributed by atoms with Crippen molar-refractivity contribution in [1.29, 1.82) is 0 Å². The molecule has 0 radical (unpaired) electrons. The van der Waals surface area contributed by atoms with E-state index in [9.17, 15) is 9.59 Å². The van der Waals surface area contributed by atoms with E-state index in [1.54, 1.807) is 23.3 Å². The Morgan fingerprint density at radius 1 is 1.17 bits per heavy atom. The Bertz CT molecular complexity index is 1350. The number of methoxy groups -OCH3 is 1. The van der Waals surface area contributed by atoms with Crippen molar-refractivity contribution in [2.75, 3.05) is 26.0 Å². The SMILES string of the molecule is COc1ccc2c(c1)C1(C(=O)N2)N(C)CC(c2ccsc2)C12SC(=S)N(Cc1ccccc1)C2=O. The number of thiophene rings is 1. The van der Waals surface area contributed by atoms with E-state index in [-0.39, 0.29) is 17.7 Å². The highest BCUT2D eigenvalue weighted by atomic mass is 32.2. The van der Waals surface area contributed by atoms with Crippen LogP contribution in [0.1, 0.15) is 22.6 Å². The summed E-state index contributed by atoms with van der Waals surface area (Å²) in [7, 11) is 3.53. The van der Waals surface area contributed by atoms with Crippen LogP contribution in [-0.2, 0) is 21.7 Å². The van der Waals surface area contributed by atoms with E-state index >= 15 is 0 Å². The van der Waals surface area contributed by atoms with Crippen LogP contribution in [0.15, 0.2) is 65.4 Å². The van der Waals surface area contributed by atoms with Crippen LogP contribution in [-0.4, -0.2) is 51.4 Å². The van der Waals surface area contributed by atoms with Crippen molar-refractivity contribution in [1.82, 2.24) is 9.80 Å². The first-order chi connectivity index (χ1) is 16.9. The molecule has 35 heavy (non-hydrogen) atoms. The zero-order chi connectivity index (χ0) is 24.4. The number of likely N-dealkylation sites (N-methyl/N-ethyl adjacent to an activating group) is 1. The van der Waals surface area contributed by atoms with Gasteiger partial charge in [-0.25, -0.2) is 0 Å². The molecule has 0 aliphatic carbocycles. The number of thioether (sulfide) groups is 1. The fourth-order valence-corrected chi connectivity index (χ4v) is 8.75. The molecule has 1 N–H and O–H groups in total. The molecule has 2 amide bonds. The number of fused-ring (bicyclic) bond motifs is 3. The smallest absolute Gasteiger partial charge is 0.251 e. The fourth-order valence-electron chi connectivity index (χ4n) is 5.90. The molecule has 2 spiro atoms. The first-order valence-corrected chi connectivity index (χ1v) is 13.4. The average molecular weight is 522 g/mol. The molecule has 3 aliphatic rings. The Balaban J connectivity index is 1.58. The third-order valence-corrected chi connectivity index (χ3v) is 10.1. The lowest BCUT2D eigenvalue weighted by molar-refractivity contribution is -0.138. The molecule has 9 heteroatoms. The summed E-state index contributed by atoms with van der Waals surface area (Å²) in [6, 6.07) is 17.4. The van der Waals surface area contributed by atoms with Crippen LogP contribution in [0.25, 0.3) is 0 Å². The molecule has 0 saturated carbocycles. The van der Waals surface area contributed by atoms with Gasteiger partial charge in [-0.1, -0.05) is 54.3 Å². The zero-order valence-electron chi connectivity index (χ0n) is 19.2. The number of likely N-dealkylation sites (tertiary alicyclic amines) is 1. The molecule has 0 bridgehead atoms. The van der Waals surface area contributed by atoms with Gasteiger partial charge >= 0.3 is 0 Å². The van der Waals surface area contributed by atoms with E-state index in [2.05, 4.69) is 16.8 Å². The van der Waals surface area contributed by atoms with Crippen molar-refractivity contribution < 1.29 is 14.3 Å². The van der Waals surface area contributed by atoms with Crippen LogP contribution in [0.5, 0.6) is 5.75 Å². The number of nitrogens with zero attached hydrogens (tertiary/aromatic N) is 2. The van der Waals surface area contributed by atoms with Crippen LogP contribution in [0.2, 0.25) is 0 Å². The third-order valence-electron chi connectivity index (χ3n) is 7.41. The van der Waals surface area contributed by atoms with Gasteiger partial charge in [0.2, 0.25) is 5.91 Å². The lowest BCUT2D eigenvalue weighted by atomic mass is 9.72. The molecule has 3 aromatic rings. The highest BCUT2D eigenvalue weighted by Gasteiger charge is 2.77. The maximum absolute atomic E-state index is 14.6. The summed E-state index contributed by atoms with van der Waals surface area (Å²) >= 11 is 8.81. The van der Waals surface area contributed by atoms with Crippen molar-refractivity contribution in [2.45, 2.75) is 22.7 Å². The monoisotopic (exact) mass is 521 g/mol. The second kappa shape index (κ2) is 8.16. The van der Waals surface area contributed by atoms with Crippen LogP contribution in [0, 0.1) is 0 Å². The molecule has 1 aromatic heterocycles. The van der Waals surface area contributed by atoms with E-state index in [0.717, 1.165) is 16.7 Å². The van der Waals surface area contributed by atoms with Gasteiger partial charge in [0.15, 0.2) is 5.54 Å². The molecular weight excluding hydrogens is 499 g/mol. The quantitative estimate of drug-likeness (QED) is 0.513. The van der Waals surface area contributed by atoms with E-state index in [4.69, 9.17) is 17.0 Å². The van der Waals surface area contributed by atoms with Crippen LogP contribution in [0.4, 0.5) is 5.69 Å². The maximum atomic E-state index is 14.6. The topological polar surface area (TPSA) is 61.9 Å². The molecule has 6 nitrogen and oxygen atoms in total. The molecule has 178 valence electrons. The minimum atomic E-state index is -1.24. The Morgan fingerprint density at radius 3 is 2.69 bits per heavy atom. The third kappa shape index (κ3) is 2.95. The van der Waals surface area contributed by atoms with Crippen LogP contribution in [0.3, 0.4) is 0 Å². The normalized spacial score (nSPS) is 27.8. The summed E-state index contributed by atoms with van der Waals surface area (Å²) in [5.74, 6) is 0.0908. The first kappa shape index (κ1) is 22.7. The number of amides is 2. The number of rotatable bonds is 4.